The quantitative estimate of drug-likeness (QED) is 0.876. The van der Waals surface area contributed by atoms with E-state index in [0.717, 1.165) is 5.56 Å². The van der Waals surface area contributed by atoms with Crippen LogP contribution in [0.4, 0.5) is 0 Å². The number of hydrogen-bond acceptors (Lipinski definition) is 2. The van der Waals surface area contributed by atoms with Gasteiger partial charge in [0.25, 0.3) is 0 Å². The highest BCUT2D eigenvalue weighted by Gasteiger charge is 2.32. The summed E-state index contributed by atoms with van der Waals surface area (Å²) in [5.74, 6) is 0. The Morgan fingerprint density at radius 1 is 1.26 bits per heavy atom. The summed E-state index contributed by atoms with van der Waals surface area (Å²) in [5.41, 5.74) is 0.705. The molecule has 0 bridgehead atoms. The first-order chi connectivity index (χ1) is 8.77. The average molecular weight is 305 g/mol. The third kappa shape index (κ3) is 4.64. The van der Waals surface area contributed by atoms with Crippen molar-refractivity contribution in [3.63, 3.8) is 0 Å². The highest BCUT2D eigenvalue weighted by Crippen LogP contribution is 2.30. The smallest absolute Gasteiger partial charge is 0.0885 e. The Hall–Kier alpha value is -0.280. The van der Waals surface area contributed by atoms with E-state index >= 15 is 0 Å². The van der Waals surface area contributed by atoms with Crippen LogP contribution in [0.3, 0.4) is 0 Å². The Kier molecular flexibility index (Phi) is 6.13. The van der Waals surface area contributed by atoms with Crippen LogP contribution in [0.5, 0.6) is 0 Å². The highest BCUT2D eigenvalue weighted by atomic mass is 35.5. The molecule has 19 heavy (non-hydrogen) atoms. The normalized spacial score (nSPS) is 15.3. The van der Waals surface area contributed by atoms with Gasteiger partial charge in [-0.3, -0.25) is 0 Å². The molecule has 0 aliphatic rings. The molecule has 0 aliphatic carbocycles. The van der Waals surface area contributed by atoms with Gasteiger partial charge in [-0.25, -0.2) is 0 Å². The van der Waals surface area contributed by atoms with Crippen LogP contribution >= 0.6 is 23.2 Å². The minimum absolute atomic E-state index is 0.138. The fourth-order valence-electron chi connectivity index (χ4n) is 2.16. The minimum Gasteiger partial charge on any atom is -0.390 e. The van der Waals surface area contributed by atoms with Crippen molar-refractivity contribution in [1.82, 2.24) is 0 Å². The Morgan fingerprint density at radius 2 is 1.89 bits per heavy atom. The summed E-state index contributed by atoms with van der Waals surface area (Å²) in [7, 11) is 0. The molecule has 1 N–H and O–H groups in total. The van der Waals surface area contributed by atoms with Crippen molar-refractivity contribution in [2.75, 3.05) is 6.61 Å². The SMILES string of the molecule is CCOC(C(O)Cc1cccc(Cl)c1Cl)C(C)(C)C. The first kappa shape index (κ1) is 16.8. The van der Waals surface area contributed by atoms with Gasteiger partial charge in [-0.2, -0.15) is 0 Å². The molecule has 0 aromatic heterocycles. The largest absolute Gasteiger partial charge is 0.390 e. The van der Waals surface area contributed by atoms with Gasteiger partial charge < -0.3 is 9.84 Å². The maximum Gasteiger partial charge on any atom is 0.0885 e. The molecule has 0 spiro atoms. The van der Waals surface area contributed by atoms with Crippen molar-refractivity contribution in [3.8, 4) is 0 Å². The minimum atomic E-state index is -0.615. The molecule has 1 rings (SSSR count). The zero-order valence-corrected chi connectivity index (χ0v) is 13.4. The number of hydrogen-bond donors (Lipinski definition) is 1. The molecule has 0 heterocycles. The van der Waals surface area contributed by atoms with Crippen LogP contribution in [0.2, 0.25) is 10.0 Å². The van der Waals surface area contributed by atoms with Crippen molar-refractivity contribution in [1.29, 1.82) is 0 Å². The number of aliphatic hydroxyl groups excluding tert-OH is 1. The lowest BCUT2D eigenvalue weighted by atomic mass is 9.83. The summed E-state index contributed by atoms with van der Waals surface area (Å²) in [5, 5.41) is 11.4. The average Bonchev–Trinajstić information content (AvgIpc) is 2.30. The van der Waals surface area contributed by atoms with Crippen molar-refractivity contribution in [2.24, 2.45) is 5.41 Å². The van der Waals surface area contributed by atoms with Gasteiger partial charge in [-0.15, -0.1) is 0 Å². The topological polar surface area (TPSA) is 29.5 Å². The number of aliphatic hydroxyl groups is 1. The van der Waals surface area contributed by atoms with Crippen LogP contribution in [0, 0.1) is 5.41 Å². The second-order valence-electron chi connectivity index (χ2n) is 5.73. The Morgan fingerprint density at radius 3 is 2.42 bits per heavy atom. The molecular weight excluding hydrogens is 283 g/mol. The van der Waals surface area contributed by atoms with Crippen LogP contribution in [0.25, 0.3) is 0 Å². The molecule has 2 nitrogen and oxygen atoms in total. The van der Waals surface area contributed by atoms with E-state index in [4.69, 9.17) is 27.9 Å². The Bertz CT molecular complexity index is 413. The van der Waals surface area contributed by atoms with Gasteiger partial charge in [0.05, 0.1) is 22.3 Å². The molecule has 0 saturated heterocycles. The van der Waals surface area contributed by atoms with E-state index in [0.29, 0.717) is 23.1 Å². The summed E-state index contributed by atoms with van der Waals surface area (Å²) in [6, 6.07) is 5.45. The lowest BCUT2D eigenvalue weighted by molar-refractivity contribution is -0.0873. The molecule has 2 atom stereocenters. The van der Waals surface area contributed by atoms with E-state index in [9.17, 15) is 5.11 Å². The maximum absolute atomic E-state index is 10.4. The van der Waals surface area contributed by atoms with Crippen LogP contribution in [0.1, 0.15) is 33.3 Å². The lowest BCUT2D eigenvalue weighted by Crippen LogP contribution is -2.41. The molecular formula is C15H22Cl2O2. The molecule has 1 aromatic rings. The summed E-state index contributed by atoms with van der Waals surface area (Å²) in [4.78, 5) is 0. The summed E-state index contributed by atoms with van der Waals surface area (Å²) < 4.78 is 5.68. The lowest BCUT2D eigenvalue weighted by Gasteiger charge is -2.34. The summed E-state index contributed by atoms with van der Waals surface area (Å²) >= 11 is 12.1. The van der Waals surface area contributed by atoms with Gasteiger partial charge in [0, 0.05) is 13.0 Å². The van der Waals surface area contributed by atoms with E-state index in [1.807, 2.05) is 19.1 Å². The molecule has 108 valence electrons. The number of benzene rings is 1. The van der Waals surface area contributed by atoms with Gasteiger partial charge >= 0.3 is 0 Å². The predicted octanol–water partition coefficient (Wildman–Crippen LogP) is 4.35. The number of rotatable bonds is 5. The molecule has 0 aliphatic heterocycles. The summed E-state index contributed by atoms with van der Waals surface area (Å²) in [6.07, 6.45) is -0.426. The molecule has 0 amide bonds. The monoisotopic (exact) mass is 304 g/mol. The zero-order valence-electron chi connectivity index (χ0n) is 11.9. The first-order valence-electron chi connectivity index (χ1n) is 6.50. The van der Waals surface area contributed by atoms with Crippen molar-refractivity contribution < 1.29 is 9.84 Å². The highest BCUT2D eigenvalue weighted by molar-refractivity contribution is 6.42. The van der Waals surface area contributed by atoms with Crippen LogP contribution in [-0.2, 0) is 11.2 Å². The van der Waals surface area contributed by atoms with Crippen molar-refractivity contribution in [3.05, 3.63) is 33.8 Å². The first-order valence-corrected chi connectivity index (χ1v) is 7.25. The molecule has 0 radical (unpaired) electrons. The van der Waals surface area contributed by atoms with Gasteiger partial charge in [0.2, 0.25) is 0 Å². The van der Waals surface area contributed by atoms with E-state index < -0.39 is 6.10 Å². The van der Waals surface area contributed by atoms with Crippen LogP contribution < -0.4 is 0 Å². The van der Waals surface area contributed by atoms with Crippen molar-refractivity contribution in [2.45, 2.75) is 46.3 Å². The van der Waals surface area contributed by atoms with Gasteiger partial charge in [-0.1, -0.05) is 56.1 Å². The van der Waals surface area contributed by atoms with Gasteiger partial charge in [-0.05, 0) is 24.0 Å². The third-order valence-corrected chi connectivity index (χ3v) is 3.87. The van der Waals surface area contributed by atoms with E-state index in [1.54, 1.807) is 6.07 Å². The summed E-state index contributed by atoms with van der Waals surface area (Å²) in [6.45, 7) is 8.66. The van der Waals surface area contributed by atoms with Crippen LogP contribution in [0.15, 0.2) is 18.2 Å². The Balaban J connectivity index is 2.87. The zero-order chi connectivity index (χ0) is 14.6. The second kappa shape index (κ2) is 6.94. The molecule has 0 fully saturated rings. The van der Waals surface area contributed by atoms with Crippen LogP contribution in [-0.4, -0.2) is 23.9 Å². The van der Waals surface area contributed by atoms with Gasteiger partial charge in [0.1, 0.15) is 0 Å². The number of ether oxygens (including phenoxy) is 1. The van der Waals surface area contributed by atoms with E-state index in [2.05, 4.69) is 20.8 Å². The standard InChI is InChI=1S/C15H22Cl2O2/c1-5-19-14(15(2,3)4)12(18)9-10-7-6-8-11(16)13(10)17/h6-8,12,14,18H,5,9H2,1-4H3. The van der Waals surface area contributed by atoms with E-state index in [-0.39, 0.29) is 11.5 Å². The maximum atomic E-state index is 10.4. The fraction of sp³-hybridized carbons (Fsp3) is 0.600. The molecule has 4 heteroatoms. The number of halogens is 2. The van der Waals surface area contributed by atoms with Crippen molar-refractivity contribution >= 4 is 23.2 Å². The molecule has 2 unspecified atom stereocenters. The fourth-order valence-corrected chi connectivity index (χ4v) is 2.55. The second-order valence-corrected chi connectivity index (χ2v) is 6.51. The third-order valence-electron chi connectivity index (χ3n) is 3.01. The predicted molar refractivity (Wildman–Crippen MR) is 81.0 cm³/mol. The molecule has 0 saturated carbocycles. The Labute approximate surface area is 125 Å². The molecule has 1 aromatic carbocycles. The van der Waals surface area contributed by atoms with E-state index in [1.165, 1.54) is 0 Å². The van der Waals surface area contributed by atoms with Gasteiger partial charge in [0.15, 0.2) is 0 Å².